The van der Waals surface area contributed by atoms with Crippen molar-refractivity contribution < 1.29 is 5.11 Å². The van der Waals surface area contributed by atoms with E-state index in [0.29, 0.717) is 12.5 Å². The highest BCUT2D eigenvalue weighted by atomic mass is 16.2. The van der Waals surface area contributed by atoms with Crippen molar-refractivity contribution in [2.45, 2.75) is 19.8 Å². The topological polar surface area (TPSA) is 20.2 Å². The van der Waals surface area contributed by atoms with Gasteiger partial charge in [-0.1, -0.05) is 37.3 Å². The van der Waals surface area contributed by atoms with Crippen LogP contribution in [0.1, 0.15) is 18.9 Å². The summed E-state index contributed by atoms with van der Waals surface area (Å²) in [7, 11) is 0. The largest absolute Gasteiger partial charge is 0.396 e. The summed E-state index contributed by atoms with van der Waals surface area (Å²) in [6.45, 7) is 2.47. The molecule has 0 radical (unpaired) electrons. The molecule has 1 aromatic carbocycles. The molecular weight excluding hydrogens is 148 g/mol. The van der Waals surface area contributed by atoms with Gasteiger partial charge in [0.05, 0.1) is 0 Å². The van der Waals surface area contributed by atoms with Crippen LogP contribution >= 0.6 is 0 Å². The van der Waals surface area contributed by atoms with Gasteiger partial charge in [-0.05, 0) is 24.3 Å². The lowest BCUT2D eigenvalue weighted by Gasteiger charge is -2.08. The van der Waals surface area contributed by atoms with Crippen LogP contribution in [-0.4, -0.2) is 11.7 Å². The molecule has 1 aromatic rings. The monoisotopic (exact) mass is 164 g/mol. The van der Waals surface area contributed by atoms with Gasteiger partial charge in [-0.3, -0.25) is 0 Å². The molecule has 1 rings (SSSR count). The molecule has 0 unspecified atom stereocenters. The zero-order valence-corrected chi connectivity index (χ0v) is 7.53. The molecule has 12 heavy (non-hydrogen) atoms. The van der Waals surface area contributed by atoms with E-state index in [9.17, 15) is 0 Å². The minimum atomic E-state index is 0.300. The molecule has 0 saturated carbocycles. The fourth-order valence-electron chi connectivity index (χ4n) is 1.34. The van der Waals surface area contributed by atoms with Gasteiger partial charge in [0.1, 0.15) is 0 Å². The fourth-order valence-corrected chi connectivity index (χ4v) is 1.34. The van der Waals surface area contributed by atoms with Crippen molar-refractivity contribution in [2.24, 2.45) is 5.92 Å². The second-order valence-electron chi connectivity index (χ2n) is 3.31. The quantitative estimate of drug-likeness (QED) is 0.723. The Morgan fingerprint density at radius 3 is 2.50 bits per heavy atom. The first kappa shape index (κ1) is 9.27. The standard InChI is InChI=1S/C11H16O/c1-10(7-8-12)9-11-5-3-2-4-6-11/h2-6,10,12H,7-9H2,1H3/t10-/m0/s1. The van der Waals surface area contributed by atoms with Crippen LogP contribution in [0.5, 0.6) is 0 Å². The SMILES string of the molecule is C[C@@H](CCO)Cc1ccccc1. The van der Waals surface area contributed by atoms with Crippen molar-refractivity contribution >= 4 is 0 Å². The minimum Gasteiger partial charge on any atom is -0.396 e. The van der Waals surface area contributed by atoms with Crippen LogP contribution < -0.4 is 0 Å². The first-order chi connectivity index (χ1) is 5.83. The van der Waals surface area contributed by atoms with Gasteiger partial charge in [0, 0.05) is 6.61 Å². The van der Waals surface area contributed by atoms with Crippen molar-refractivity contribution in [1.82, 2.24) is 0 Å². The van der Waals surface area contributed by atoms with Crippen LogP contribution in [0.3, 0.4) is 0 Å². The Labute approximate surface area is 74.1 Å². The van der Waals surface area contributed by atoms with Crippen molar-refractivity contribution in [2.75, 3.05) is 6.61 Å². The van der Waals surface area contributed by atoms with E-state index in [1.165, 1.54) is 5.56 Å². The van der Waals surface area contributed by atoms with Gasteiger partial charge in [-0.15, -0.1) is 0 Å². The van der Waals surface area contributed by atoms with Crippen LogP contribution in [0.4, 0.5) is 0 Å². The molecule has 0 heterocycles. The van der Waals surface area contributed by atoms with Gasteiger partial charge in [-0.2, -0.15) is 0 Å². The second-order valence-corrected chi connectivity index (χ2v) is 3.31. The number of hydrogen-bond acceptors (Lipinski definition) is 1. The average molecular weight is 164 g/mol. The summed E-state index contributed by atoms with van der Waals surface area (Å²) in [5.41, 5.74) is 1.36. The molecule has 0 saturated heterocycles. The maximum Gasteiger partial charge on any atom is 0.0433 e. The predicted octanol–water partition coefficient (Wildman–Crippen LogP) is 2.25. The third kappa shape index (κ3) is 3.05. The van der Waals surface area contributed by atoms with E-state index in [1.807, 2.05) is 6.07 Å². The average Bonchev–Trinajstić information content (AvgIpc) is 2.06. The molecule has 0 aliphatic rings. The lowest BCUT2D eigenvalue weighted by Crippen LogP contribution is -2.01. The van der Waals surface area contributed by atoms with Gasteiger partial charge >= 0.3 is 0 Å². The van der Waals surface area contributed by atoms with Crippen molar-refractivity contribution in [1.29, 1.82) is 0 Å². The van der Waals surface area contributed by atoms with E-state index < -0.39 is 0 Å². The molecule has 1 nitrogen and oxygen atoms in total. The molecule has 66 valence electrons. The normalized spacial score (nSPS) is 12.8. The summed E-state index contributed by atoms with van der Waals surface area (Å²) < 4.78 is 0. The van der Waals surface area contributed by atoms with Gasteiger partial charge < -0.3 is 5.11 Å². The van der Waals surface area contributed by atoms with Gasteiger partial charge in [0.25, 0.3) is 0 Å². The Balaban J connectivity index is 2.41. The molecule has 0 fully saturated rings. The van der Waals surface area contributed by atoms with E-state index >= 15 is 0 Å². The zero-order valence-electron chi connectivity index (χ0n) is 7.53. The van der Waals surface area contributed by atoms with E-state index in [-0.39, 0.29) is 0 Å². The third-order valence-corrected chi connectivity index (χ3v) is 2.05. The Hall–Kier alpha value is -0.820. The zero-order chi connectivity index (χ0) is 8.81. The smallest absolute Gasteiger partial charge is 0.0433 e. The molecule has 0 bridgehead atoms. The number of aliphatic hydroxyl groups is 1. The molecular formula is C11H16O. The molecule has 1 N–H and O–H groups in total. The van der Waals surface area contributed by atoms with E-state index in [4.69, 9.17) is 5.11 Å². The molecule has 0 aromatic heterocycles. The first-order valence-corrected chi connectivity index (χ1v) is 4.47. The third-order valence-electron chi connectivity index (χ3n) is 2.05. The van der Waals surface area contributed by atoms with Crippen molar-refractivity contribution in [3.8, 4) is 0 Å². The fraction of sp³-hybridized carbons (Fsp3) is 0.455. The van der Waals surface area contributed by atoms with E-state index in [0.717, 1.165) is 12.8 Å². The van der Waals surface area contributed by atoms with Crippen LogP contribution in [0.2, 0.25) is 0 Å². The predicted molar refractivity (Wildman–Crippen MR) is 51.0 cm³/mol. The van der Waals surface area contributed by atoms with Crippen LogP contribution in [0.25, 0.3) is 0 Å². The van der Waals surface area contributed by atoms with E-state index in [2.05, 4.69) is 31.2 Å². The lowest BCUT2D eigenvalue weighted by molar-refractivity contribution is 0.262. The van der Waals surface area contributed by atoms with Crippen molar-refractivity contribution in [3.05, 3.63) is 35.9 Å². The minimum absolute atomic E-state index is 0.300. The highest BCUT2D eigenvalue weighted by Gasteiger charge is 2.01. The summed E-state index contributed by atoms with van der Waals surface area (Å²) in [4.78, 5) is 0. The molecule has 0 spiro atoms. The Kier molecular flexibility index (Phi) is 3.81. The maximum absolute atomic E-state index is 8.71. The summed E-state index contributed by atoms with van der Waals surface area (Å²) in [5.74, 6) is 0.581. The molecule has 0 aliphatic carbocycles. The maximum atomic E-state index is 8.71. The second kappa shape index (κ2) is 4.94. The molecule has 1 atom stereocenters. The number of aliphatic hydroxyl groups excluding tert-OH is 1. The number of hydrogen-bond donors (Lipinski definition) is 1. The highest BCUT2D eigenvalue weighted by molar-refractivity contribution is 5.14. The number of benzene rings is 1. The summed E-state index contributed by atoms with van der Waals surface area (Å²) in [6.07, 6.45) is 1.97. The number of rotatable bonds is 4. The molecule has 1 heteroatoms. The Bertz CT molecular complexity index is 206. The Morgan fingerprint density at radius 1 is 1.25 bits per heavy atom. The van der Waals surface area contributed by atoms with Crippen LogP contribution in [-0.2, 0) is 6.42 Å². The first-order valence-electron chi connectivity index (χ1n) is 4.47. The van der Waals surface area contributed by atoms with Crippen LogP contribution in [0.15, 0.2) is 30.3 Å². The highest BCUT2D eigenvalue weighted by Crippen LogP contribution is 2.10. The lowest BCUT2D eigenvalue weighted by atomic mass is 9.99. The molecule has 0 amide bonds. The van der Waals surface area contributed by atoms with Crippen LogP contribution in [0, 0.1) is 5.92 Å². The summed E-state index contributed by atoms with van der Waals surface area (Å²) in [5, 5.41) is 8.71. The Morgan fingerprint density at radius 2 is 1.92 bits per heavy atom. The van der Waals surface area contributed by atoms with Gasteiger partial charge in [-0.25, -0.2) is 0 Å². The van der Waals surface area contributed by atoms with E-state index in [1.54, 1.807) is 0 Å². The molecule has 0 aliphatic heterocycles. The van der Waals surface area contributed by atoms with Gasteiger partial charge in [0.15, 0.2) is 0 Å². The summed E-state index contributed by atoms with van der Waals surface area (Å²) >= 11 is 0. The summed E-state index contributed by atoms with van der Waals surface area (Å²) in [6, 6.07) is 10.4. The van der Waals surface area contributed by atoms with Crippen molar-refractivity contribution in [3.63, 3.8) is 0 Å². The van der Waals surface area contributed by atoms with Gasteiger partial charge in [0.2, 0.25) is 0 Å².